The van der Waals surface area contributed by atoms with Gasteiger partial charge in [-0.05, 0) is 37.6 Å². The van der Waals surface area contributed by atoms with Crippen molar-refractivity contribution in [2.45, 2.75) is 25.4 Å². The van der Waals surface area contributed by atoms with Crippen LogP contribution in [0, 0.1) is 0 Å². The summed E-state index contributed by atoms with van der Waals surface area (Å²) < 4.78 is 5.43. The van der Waals surface area contributed by atoms with Crippen LogP contribution in [0.3, 0.4) is 0 Å². The van der Waals surface area contributed by atoms with Gasteiger partial charge in [-0.25, -0.2) is 0 Å². The van der Waals surface area contributed by atoms with Crippen LogP contribution in [0.4, 0.5) is 5.69 Å². The lowest BCUT2D eigenvalue weighted by molar-refractivity contribution is 0.0731. The Kier molecular flexibility index (Phi) is 4.76. The number of hydrogen-bond donors (Lipinski definition) is 3. The van der Waals surface area contributed by atoms with Gasteiger partial charge >= 0.3 is 0 Å². The van der Waals surface area contributed by atoms with Crippen LogP contribution in [0.5, 0.6) is 0 Å². The molecule has 0 bridgehead atoms. The summed E-state index contributed by atoms with van der Waals surface area (Å²) in [6, 6.07) is 7.96. The molecule has 1 saturated heterocycles. The van der Waals surface area contributed by atoms with Crippen LogP contribution in [0.1, 0.15) is 23.7 Å². The SMILES string of the molecule is CC(CC1COCCN1)Nc1ccc(C(N)=O)cc1. The number of anilines is 1. The van der Waals surface area contributed by atoms with E-state index < -0.39 is 5.91 Å². The maximum Gasteiger partial charge on any atom is 0.248 e. The minimum Gasteiger partial charge on any atom is -0.383 e. The summed E-state index contributed by atoms with van der Waals surface area (Å²) in [5, 5.41) is 6.84. The zero-order chi connectivity index (χ0) is 13.7. The first-order valence-electron chi connectivity index (χ1n) is 6.62. The molecule has 4 N–H and O–H groups in total. The summed E-state index contributed by atoms with van der Waals surface area (Å²) in [6.07, 6.45) is 0.998. The highest BCUT2D eigenvalue weighted by atomic mass is 16.5. The second-order valence-corrected chi connectivity index (χ2v) is 4.95. The number of nitrogens with one attached hydrogen (secondary N) is 2. The number of amides is 1. The summed E-state index contributed by atoms with van der Waals surface area (Å²) in [7, 11) is 0. The van der Waals surface area contributed by atoms with Crippen LogP contribution in [-0.2, 0) is 4.74 Å². The number of rotatable bonds is 5. The van der Waals surface area contributed by atoms with Crippen molar-refractivity contribution in [2.24, 2.45) is 5.73 Å². The zero-order valence-electron chi connectivity index (χ0n) is 11.2. The average Bonchev–Trinajstić information content (AvgIpc) is 2.40. The van der Waals surface area contributed by atoms with E-state index in [-0.39, 0.29) is 0 Å². The molecule has 2 atom stereocenters. The van der Waals surface area contributed by atoms with E-state index in [1.165, 1.54) is 0 Å². The Bertz CT molecular complexity index is 413. The number of morpholine rings is 1. The van der Waals surface area contributed by atoms with Gasteiger partial charge in [-0.15, -0.1) is 0 Å². The maximum absolute atomic E-state index is 11.0. The topological polar surface area (TPSA) is 76.4 Å². The molecule has 0 saturated carbocycles. The van der Waals surface area contributed by atoms with Crippen molar-refractivity contribution in [3.8, 4) is 0 Å². The summed E-state index contributed by atoms with van der Waals surface area (Å²) in [4.78, 5) is 11.0. The largest absolute Gasteiger partial charge is 0.383 e. The van der Waals surface area contributed by atoms with Crippen molar-refractivity contribution in [3.63, 3.8) is 0 Å². The van der Waals surface area contributed by atoms with Gasteiger partial charge in [0.2, 0.25) is 5.91 Å². The van der Waals surface area contributed by atoms with E-state index in [9.17, 15) is 4.79 Å². The molecule has 5 nitrogen and oxygen atoms in total. The quantitative estimate of drug-likeness (QED) is 0.739. The smallest absolute Gasteiger partial charge is 0.248 e. The third-order valence-electron chi connectivity index (χ3n) is 3.22. The number of carbonyl (C=O) groups excluding carboxylic acids is 1. The van der Waals surface area contributed by atoms with Gasteiger partial charge < -0.3 is 21.1 Å². The number of ether oxygens (including phenoxy) is 1. The Morgan fingerprint density at radius 2 is 2.26 bits per heavy atom. The van der Waals surface area contributed by atoms with E-state index in [0.29, 0.717) is 17.6 Å². The molecule has 1 fully saturated rings. The number of primary amides is 1. The van der Waals surface area contributed by atoms with Crippen molar-refractivity contribution in [1.82, 2.24) is 5.32 Å². The molecule has 1 amide bonds. The Labute approximate surface area is 113 Å². The standard InChI is InChI=1S/C14H21N3O2/c1-10(8-13-9-19-7-6-16-13)17-12-4-2-11(3-5-12)14(15)18/h2-5,10,13,16-17H,6-9H2,1H3,(H2,15,18). The van der Waals surface area contributed by atoms with Crippen molar-refractivity contribution in [3.05, 3.63) is 29.8 Å². The minimum atomic E-state index is -0.400. The van der Waals surface area contributed by atoms with E-state index in [1.807, 2.05) is 12.1 Å². The van der Waals surface area contributed by atoms with Crippen LogP contribution in [0.2, 0.25) is 0 Å². The average molecular weight is 263 g/mol. The molecule has 1 aromatic carbocycles. The molecule has 2 unspecified atom stereocenters. The second kappa shape index (κ2) is 6.54. The first-order chi connectivity index (χ1) is 9.15. The number of benzene rings is 1. The van der Waals surface area contributed by atoms with Gasteiger partial charge in [0.05, 0.1) is 13.2 Å². The minimum absolute atomic E-state index is 0.332. The molecule has 5 heteroatoms. The van der Waals surface area contributed by atoms with Crippen LogP contribution in [-0.4, -0.2) is 37.7 Å². The molecular formula is C14H21N3O2. The Hall–Kier alpha value is -1.59. The monoisotopic (exact) mass is 263 g/mol. The fraction of sp³-hybridized carbons (Fsp3) is 0.500. The predicted octanol–water partition coefficient (Wildman–Crippen LogP) is 0.964. The lowest BCUT2D eigenvalue weighted by Gasteiger charge is -2.27. The van der Waals surface area contributed by atoms with Crippen molar-refractivity contribution in [1.29, 1.82) is 0 Å². The van der Waals surface area contributed by atoms with Crippen LogP contribution >= 0.6 is 0 Å². The first-order valence-corrected chi connectivity index (χ1v) is 6.62. The second-order valence-electron chi connectivity index (χ2n) is 4.95. The molecule has 104 valence electrons. The molecule has 19 heavy (non-hydrogen) atoms. The van der Waals surface area contributed by atoms with E-state index in [1.54, 1.807) is 12.1 Å². The summed E-state index contributed by atoms with van der Waals surface area (Å²) in [5.41, 5.74) is 6.73. The van der Waals surface area contributed by atoms with Crippen molar-refractivity contribution in [2.75, 3.05) is 25.1 Å². The van der Waals surface area contributed by atoms with E-state index >= 15 is 0 Å². The lowest BCUT2D eigenvalue weighted by atomic mass is 10.1. The van der Waals surface area contributed by atoms with Gasteiger partial charge in [-0.2, -0.15) is 0 Å². The zero-order valence-corrected chi connectivity index (χ0v) is 11.2. The summed E-state index contributed by atoms with van der Waals surface area (Å²) in [6.45, 7) is 4.63. The van der Waals surface area contributed by atoms with Gasteiger partial charge in [0.25, 0.3) is 0 Å². The van der Waals surface area contributed by atoms with Crippen molar-refractivity contribution >= 4 is 11.6 Å². The molecule has 1 heterocycles. The highest BCUT2D eigenvalue weighted by Crippen LogP contribution is 2.13. The maximum atomic E-state index is 11.0. The van der Waals surface area contributed by atoms with E-state index in [0.717, 1.165) is 31.9 Å². The van der Waals surface area contributed by atoms with Gasteiger partial charge in [0.15, 0.2) is 0 Å². The molecule has 1 aliphatic rings. The summed E-state index contributed by atoms with van der Waals surface area (Å²) >= 11 is 0. The molecule has 0 radical (unpaired) electrons. The highest BCUT2D eigenvalue weighted by Gasteiger charge is 2.16. The van der Waals surface area contributed by atoms with Gasteiger partial charge in [-0.3, -0.25) is 4.79 Å². The Morgan fingerprint density at radius 1 is 1.53 bits per heavy atom. The highest BCUT2D eigenvalue weighted by molar-refractivity contribution is 5.93. The van der Waals surface area contributed by atoms with Gasteiger partial charge in [-0.1, -0.05) is 0 Å². The normalized spacial score (nSPS) is 20.8. The number of carbonyl (C=O) groups is 1. The van der Waals surface area contributed by atoms with Crippen molar-refractivity contribution < 1.29 is 9.53 Å². The Morgan fingerprint density at radius 3 is 2.84 bits per heavy atom. The molecule has 1 aromatic rings. The third-order valence-corrected chi connectivity index (χ3v) is 3.22. The van der Waals surface area contributed by atoms with Crippen LogP contribution in [0.15, 0.2) is 24.3 Å². The molecule has 0 aliphatic carbocycles. The predicted molar refractivity (Wildman–Crippen MR) is 75.3 cm³/mol. The fourth-order valence-electron chi connectivity index (χ4n) is 2.27. The fourth-order valence-corrected chi connectivity index (χ4v) is 2.27. The number of hydrogen-bond acceptors (Lipinski definition) is 4. The van der Waals surface area contributed by atoms with Crippen LogP contribution < -0.4 is 16.4 Å². The summed E-state index contributed by atoms with van der Waals surface area (Å²) in [5.74, 6) is -0.400. The van der Waals surface area contributed by atoms with Gasteiger partial charge in [0.1, 0.15) is 0 Å². The Balaban J connectivity index is 1.83. The molecule has 0 spiro atoms. The molecule has 1 aliphatic heterocycles. The lowest BCUT2D eigenvalue weighted by Crippen LogP contribution is -2.43. The molecule has 0 aromatic heterocycles. The van der Waals surface area contributed by atoms with E-state index in [2.05, 4.69) is 17.6 Å². The molecular weight excluding hydrogens is 242 g/mol. The third kappa shape index (κ3) is 4.22. The molecule has 2 rings (SSSR count). The first kappa shape index (κ1) is 13.8. The van der Waals surface area contributed by atoms with Gasteiger partial charge in [0, 0.05) is 29.9 Å². The van der Waals surface area contributed by atoms with E-state index in [4.69, 9.17) is 10.5 Å². The van der Waals surface area contributed by atoms with Crippen LogP contribution in [0.25, 0.3) is 0 Å². The number of nitrogens with two attached hydrogens (primary N) is 1.